The molecule has 0 saturated carbocycles. The van der Waals surface area contributed by atoms with Crippen LogP contribution in [0.2, 0.25) is 48.9 Å². The number of rotatable bonds is 18. The van der Waals surface area contributed by atoms with Crippen molar-refractivity contribution in [1.82, 2.24) is 0 Å². The predicted octanol–water partition coefficient (Wildman–Crippen LogP) is 12.3. The number of ether oxygens (including phenoxy) is 4. The Kier molecular flexibility index (Phi) is 16.9. The number of benzene rings is 3. The maximum Gasteiger partial charge on any atom is 0.339 e. The Morgan fingerprint density at radius 1 is 0.806 bits per heavy atom. The molecule has 0 aromatic heterocycles. The molecule has 1 unspecified atom stereocenters. The van der Waals surface area contributed by atoms with Gasteiger partial charge >= 0.3 is 5.97 Å². The number of esters is 1. The highest BCUT2D eigenvalue weighted by atomic mass is 28.4. The molecule has 1 aliphatic rings. The number of methoxy groups -OCH3 is 1. The van der Waals surface area contributed by atoms with E-state index in [4.69, 9.17) is 27.8 Å². The van der Waals surface area contributed by atoms with Gasteiger partial charge in [-0.25, -0.2) is 4.79 Å². The third-order valence-corrected chi connectivity index (χ3v) is 24.1. The standard InChI is InChI=1S/C52H80O7Si3/c1-37(40(4)58-62(51(8,9)10,41-26-21-19-22-27-41)42-28-23-20-24-29-42)32-33-45(59-61(17,18)50(5,6)7)48-44(56-52(11,12)57-48)31-25-30-43-46(38(2)36-39(3)47(43)54-13)49(53)55-34-35-60(14,15)16/h19-30,32-33,36-37,40,44-45,48H,31,34-35H2,1-18H3/b30-25+,33-32-/t37-,40+,44-,45?,48+/m1/s1. The van der Waals surface area contributed by atoms with E-state index in [9.17, 15) is 4.79 Å². The number of hydrogen-bond donors (Lipinski definition) is 0. The SMILES string of the molecule is COc1c(C)cc(C)c(C(=O)OCC[Si](C)(C)C)c1/C=C/C[C@H]1OC(C)(C)O[C@@H]1C(/C=C\[C@@H](C)[C@H](C)O[Si](c1ccccc1)(c1ccccc1)C(C)(C)C)O[Si](C)(C)C(C)(C)C. The second kappa shape index (κ2) is 20.4. The summed E-state index contributed by atoms with van der Waals surface area (Å²) in [6.45, 7) is 38.0. The van der Waals surface area contributed by atoms with Crippen molar-refractivity contribution < 1.29 is 32.6 Å². The molecule has 342 valence electrons. The molecule has 1 heterocycles. The largest absolute Gasteiger partial charge is 0.496 e. The Morgan fingerprint density at radius 3 is 1.87 bits per heavy atom. The normalized spacial score (nSPS) is 19.2. The fourth-order valence-electron chi connectivity index (χ4n) is 8.12. The van der Waals surface area contributed by atoms with Crippen LogP contribution in [-0.2, 0) is 23.1 Å². The highest BCUT2D eigenvalue weighted by Gasteiger charge is 2.52. The van der Waals surface area contributed by atoms with Crippen LogP contribution in [0.3, 0.4) is 0 Å². The van der Waals surface area contributed by atoms with Gasteiger partial charge in [0.15, 0.2) is 14.1 Å². The monoisotopic (exact) mass is 901 g/mol. The van der Waals surface area contributed by atoms with E-state index in [1.807, 2.05) is 39.8 Å². The van der Waals surface area contributed by atoms with Gasteiger partial charge in [-0.15, -0.1) is 0 Å². The second-order valence-corrected chi connectivity index (χ2v) is 36.3. The zero-order valence-corrected chi connectivity index (χ0v) is 44.5. The first-order valence-corrected chi connectivity index (χ1v) is 31.2. The third-order valence-electron chi connectivity index (χ3n) is 12.8. The van der Waals surface area contributed by atoms with Gasteiger partial charge in [0.05, 0.1) is 31.5 Å². The summed E-state index contributed by atoms with van der Waals surface area (Å²) < 4.78 is 40.1. The molecule has 0 spiro atoms. The highest BCUT2D eigenvalue weighted by Crippen LogP contribution is 2.42. The van der Waals surface area contributed by atoms with Crippen molar-refractivity contribution in [1.29, 1.82) is 0 Å². The molecule has 0 N–H and O–H groups in total. The molecule has 10 heteroatoms. The van der Waals surface area contributed by atoms with E-state index in [0.717, 1.165) is 22.7 Å². The van der Waals surface area contributed by atoms with Crippen molar-refractivity contribution in [2.75, 3.05) is 13.7 Å². The zero-order valence-electron chi connectivity index (χ0n) is 41.5. The summed E-state index contributed by atoms with van der Waals surface area (Å²) in [6, 6.07) is 24.5. The van der Waals surface area contributed by atoms with Crippen LogP contribution in [0.15, 0.2) is 85.0 Å². The molecule has 0 bridgehead atoms. The molecule has 62 heavy (non-hydrogen) atoms. The van der Waals surface area contributed by atoms with Gasteiger partial charge in [0, 0.05) is 19.7 Å². The van der Waals surface area contributed by atoms with Crippen LogP contribution < -0.4 is 15.1 Å². The molecule has 1 aliphatic heterocycles. The number of carbonyl (C=O) groups excluding carboxylic acids is 1. The Labute approximate surface area is 379 Å². The molecule has 5 atom stereocenters. The summed E-state index contributed by atoms with van der Waals surface area (Å²) in [4.78, 5) is 13.7. The predicted molar refractivity (Wildman–Crippen MR) is 267 cm³/mol. The van der Waals surface area contributed by atoms with Crippen LogP contribution in [-0.4, -0.2) is 74.6 Å². The quantitative estimate of drug-likeness (QED) is 0.0715. The maximum atomic E-state index is 13.7. The van der Waals surface area contributed by atoms with Crippen molar-refractivity contribution >= 4 is 47.1 Å². The van der Waals surface area contributed by atoms with Gasteiger partial charge in [-0.2, -0.15) is 0 Å². The average Bonchev–Trinajstić information content (AvgIpc) is 3.47. The van der Waals surface area contributed by atoms with E-state index in [2.05, 4.69) is 167 Å². The molecule has 4 rings (SSSR count). The second-order valence-electron chi connectivity index (χ2n) is 21.6. The van der Waals surface area contributed by atoms with Gasteiger partial charge in [-0.1, -0.05) is 159 Å². The zero-order chi connectivity index (χ0) is 46.5. The molecular formula is C52H80O7Si3. The van der Waals surface area contributed by atoms with Crippen LogP contribution in [0.25, 0.3) is 6.08 Å². The first-order valence-electron chi connectivity index (χ1n) is 22.7. The maximum absolute atomic E-state index is 13.7. The highest BCUT2D eigenvalue weighted by molar-refractivity contribution is 6.99. The first-order chi connectivity index (χ1) is 28.6. The minimum absolute atomic E-state index is 0.0333. The van der Waals surface area contributed by atoms with Crippen molar-refractivity contribution in [2.24, 2.45) is 5.92 Å². The molecule has 0 aliphatic carbocycles. The summed E-state index contributed by atoms with van der Waals surface area (Å²) >= 11 is 0. The summed E-state index contributed by atoms with van der Waals surface area (Å²) in [5.74, 6) is -0.444. The van der Waals surface area contributed by atoms with E-state index in [1.54, 1.807) is 7.11 Å². The summed E-state index contributed by atoms with van der Waals surface area (Å²) in [7, 11) is -4.83. The molecule has 1 fully saturated rings. The Bertz CT molecular complexity index is 1950. The van der Waals surface area contributed by atoms with E-state index in [-0.39, 0.29) is 40.3 Å². The fourth-order valence-corrected chi connectivity index (χ4v) is 14.9. The molecule has 3 aromatic carbocycles. The van der Waals surface area contributed by atoms with Gasteiger partial charge < -0.3 is 27.8 Å². The lowest BCUT2D eigenvalue weighted by Gasteiger charge is -2.45. The van der Waals surface area contributed by atoms with Gasteiger partial charge in [-0.3, -0.25) is 0 Å². The fraction of sp³-hybridized carbons (Fsp3) is 0.558. The molecule has 3 aromatic rings. The Morgan fingerprint density at radius 2 is 1.37 bits per heavy atom. The van der Waals surface area contributed by atoms with Gasteiger partial charge in [-0.05, 0) is 97.7 Å². The molecule has 1 saturated heterocycles. The lowest BCUT2D eigenvalue weighted by atomic mass is 9.96. The first kappa shape index (κ1) is 51.5. The average molecular weight is 901 g/mol. The molecule has 0 radical (unpaired) electrons. The Balaban J connectivity index is 1.71. The van der Waals surface area contributed by atoms with E-state index < -0.39 is 36.6 Å². The van der Waals surface area contributed by atoms with Crippen molar-refractivity contribution in [3.8, 4) is 5.75 Å². The Hall–Kier alpha value is -3.10. The van der Waals surface area contributed by atoms with Crippen LogP contribution in [0.4, 0.5) is 0 Å². The van der Waals surface area contributed by atoms with Crippen LogP contribution in [0, 0.1) is 19.8 Å². The van der Waals surface area contributed by atoms with E-state index >= 15 is 0 Å². The van der Waals surface area contributed by atoms with Gasteiger partial charge in [0.25, 0.3) is 8.32 Å². The van der Waals surface area contributed by atoms with Gasteiger partial charge in [0.2, 0.25) is 0 Å². The van der Waals surface area contributed by atoms with Crippen molar-refractivity contribution in [3.63, 3.8) is 0 Å². The summed E-state index contributed by atoms with van der Waals surface area (Å²) in [6.07, 6.45) is 7.86. The number of aryl methyl sites for hydroxylation is 2. The molecule has 7 nitrogen and oxygen atoms in total. The van der Waals surface area contributed by atoms with E-state index in [0.29, 0.717) is 24.3 Å². The summed E-state index contributed by atoms with van der Waals surface area (Å²) in [5.41, 5.74) is 3.06. The molecular weight excluding hydrogens is 821 g/mol. The van der Waals surface area contributed by atoms with Crippen LogP contribution in [0.5, 0.6) is 5.75 Å². The van der Waals surface area contributed by atoms with E-state index in [1.165, 1.54) is 10.4 Å². The van der Waals surface area contributed by atoms with Crippen molar-refractivity contribution in [3.05, 3.63) is 107 Å². The minimum atomic E-state index is -2.78. The topological polar surface area (TPSA) is 72.5 Å². The van der Waals surface area contributed by atoms with Crippen molar-refractivity contribution in [2.45, 2.75) is 169 Å². The smallest absolute Gasteiger partial charge is 0.339 e. The lowest BCUT2D eigenvalue weighted by Crippen LogP contribution is -2.67. The number of carbonyl (C=O) groups is 1. The minimum Gasteiger partial charge on any atom is -0.496 e. The third kappa shape index (κ3) is 12.6. The van der Waals surface area contributed by atoms with Gasteiger partial charge in [0.1, 0.15) is 11.9 Å². The van der Waals surface area contributed by atoms with Crippen LogP contribution >= 0.6 is 0 Å². The van der Waals surface area contributed by atoms with Crippen LogP contribution in [0.1, 0.15) is 103 Å². The molecule has 0 amide bonds. The summed E-state index contributed by atoms with van der Waals surface area (Å²) in [5, 5.41) is 2.35. The number of hydrogen-bond acceptors (Lipinski definition) is 7. The lowest BCUT2D eigenvalue weighted by molar-refractivity contribution is -0.151.